The number of furan rings is 1. The Labute approximate surface area is 122 Å². The third-order valence-corrected chi connectivity index (χ3v) is 3.42. The van der Waals surface area contributed by atoms with Crippen LogP contribution in [0.3, 0.4) is 0 Å². The summed E-state index contributed by atoms with van der Waals surface area (Å²) in [6.07, 6.45) is -4.36. The van der Waals surface area contributed by atoms with Crippen LogP contribution in [0.2, 0.25) is 0 Å². The Balaban J connectivity index is 2.26. The molecule has 0 aliphatic carbocycles. The van der Waals surface area contributed by atoms with Gasteiger partial charge in [0.2, 0.25) is 0 Å². The van der Waals surface area contributed by atoms with Crippen molar-refractivity contribution >= 4 is 0 Å². The molecule has 0 saturated heterocycles. The summed E-state index contributed by atoms with van der Waals surface area (Å²) < 4.78 is 45.3. The summed E-state index contributed by atoms with van der Waals surface area (Å²) in [7, 11) is 0. The predicted octanol–water partition coefficient (Wildman–Crippen LogP) is 4.85. The second kappa shape index (κ2) is 5.93. The average Bonchev–Trinajstić information content (AvgIpc) is 2.74. The fraction of sp³-hybridized carbons (Fsp3) is 0.375. The lowest BCUT2D eigenvalue weighted by Gasteiger charge is -2.25. The molecule has 1 N–H and O–H groups in total. The summed E-state index contributed by atoms with van der Waals surface area (Å²) in [6.45, 7) is 5.24. The van der Waals surface area contributed by atoms with Gasteiger partial charge in [-0.1, -0.05) is 30.3 Å². The number of rotatable bonds is 4. The van der Waals surface area contributed by atoms with Crippen LogP contribution in [-0.4, -0.2) is 6.18 Å². The Bertz CT molecular complexity index is 589. The molecule has 21 heavy (non-hydrogen) atoms. The van der Waals surface area contributed by atoms with Crippen LogP contribution in [0.15, 0.2) is 40.8 Å². The van der Waals surface area contributed by atoms with Crippen molar-refractivity contribution in [3.05, 3.63) is 59.0 Å². The van der Waals surface area contributed by atoms with Gasteiger partial charge in [-0.3, -0.25) is 5.32 Å². The Morgan fingerprint density at radius 2 is 1.71 bits per heavy atom. The SMILES string of the molecule is Cc1cc(C(C)NC(c2ccccc2)C(F)(F)F)c(C)o1. The van der Waals surface area contributed by atoms with Crippen LogP contribution in [0.5, 0.6) is 0 Å². The van der Waals surface area contributed by atoms with Gasteiger partial charge in [0, 0.05) is 11.6 Å². The molecule has 0 spiro atoms. The second-order valence-electron chi connectivity index (χ2n) is 5.14. The maximum absolute atomic E-state index is 13.3. The van der Waals surface area contributed by atoms with Crippen molar-refractivity contribution in [2.45, 2.75) is 39.0 Å². The lowest BCUT2D eigenvalue weighted by molar-refractivity contribution is -0.159. The molecule has 0 bridgehead atoms. The number of hydrogen-bond acceptors (Lipinski definition) is 2. The zero-order chi connectivity index (χ0) is 15.6. The van der Waals surface area contributed by atoms with E-state index in [1.807, 2.05) is 0 Å². The first kappa shape index (κ1) is 15.6. The van der Waals surface area contributed by atoms with Crippen LogP contribution in [0.1, 0.15) is 41.7 Å². The molecule has 5 heteroatoms. The molecule has 0 fully saturated rings. The van der Waals surface area contributed by atoms with E-state index < -0.39 is 18.3 Å². The van der Waals surface area contributed by atoms with Crippen molar-refractivity contribution in [1.29, 1.82) is 0 Å². The van der Waals surface area contributed by atoms with Crippen LogP contribution in [0.25, 0.3) is 0 Å². The van der Waals surface area contributed by atoms with Gasteiger partial charge in [0.1, 0.15) is 17.6 Å². The fourth-order valence-corrected chi connectivity index (χ4v) is 2.45. The van der Waals surface area contributed by atoms with Crippen molar-refractivity contribution < 1.29 is 17.6 Å². The highest BCUT2D eigenvalue weighted by Crippen LogP contribution is 2.35. The number of benzene rings is 1. The van der Waals surface area contributed by atoms with Gasteiger partial charge in [-0.15, -0.1) is 0 Å². The summed E-state index contributed by atoms with van der Waals surface area (Å²) in [4.78, 5) is 0. The van der Waals surface area contributed by atoms with Gasteiger partial charge in [-0.2, -0.15) is 13.2 Å². The van der Waals surface area contributed by atoms with Crippen molar-refractivity contribution in [1.82, 2.24) is 5.32 Å². The molecule has 0 saturated carbocycles. The number of halogens is 3. The van der Waals surface area contributed by atoms with E-state index in [-0.39, 0.29) is 5.56 Å². The number of nitrogens with one attached hydrogen (secondary N) is 1. The molecule has 2 rings (SSSR count). The number of alkyl halides is 3. The van der Waals surface area contributed by atoms with Crippen LogP contribution in [-0.2, 0) is 0 Å². The van der Waals surface area contributed by atoms with Gasteiger partial charge < -0.3 is 4.42 Å². The van der Waals surface area contributed by atoms with Crippen LogP contribution < -0.4 is 5.32 Å². The van der Waals surface area contributed by atoms with Gasteiger partial charge in [0.25, 0.3) is 0 Å². The zero-order valence-electron chi connectivity index (χ0n) is 12.2. The molecule has 2 nitrogen and oxygen atoms in total. The first-order valence-electron chi connectivity index (χ1n) is 6.73. The van der Waals surface area contributed by atoms with Gasteiger partial charge >= 0.3 is 6.18 Å². The van der Waals surface area contributed by atoms with Crippen LogP contribution >= 0.6 is 0 Å². The van der Waals surface area contributed by atoms with Gasteiger partial charge in [-0.05, 0) is 32.4 Å². The first-order chi connectivity index (χ1) is 9.79. The summed E-state index contributed by atoms with van der Waals surface area (Å²) in [5.41, 5.74) is 0.951. The van der Waals surface area contributed by atoms with E-state index in [1.165, 1.54) is 12.1 Å². The molecule has 0 aliphatic heterocycles. The average molecular weight is 297 g/mol. The van der Waals surface area contributed by atoms with E-state index in [0.717, 1.165) is 5.56 Å². The first-order valence-corrected chi connectivity index (χ1v) is 6.73. The highest BCUT2D eigenvalue weighted by molar-refractivity contribution is 5.26. The largest absolute Gasteiger partial charge is 0.466 e. The normalized spacial score (nSPS) is 15.0. The smallest absolute Gasteiger partial charge is 0.407 e. The Hall–Kier alpha value is -1.75. The summed E-state index contributed by atoms with van der Waals surface area (Å²) >= 11 is 0. The number of hydrogen-bond donors (Lipinski definition) is 1. The minimum Gasteiger partial charge on any atom is -0.466 e. The molecule has 0 radical (unpaired) electrons. The van der Waals surface area contributed by atoms with Crippen molar-refractivity contribution in [3.63, 3.8) is 0 Å². The van der Waals surface area contributed by atoms with E-state index in [2.05, 4.69) is 5.32 Å². The topological polar surface area (TPSA) is 25.2 Å². The molecule has 2 aromatic rings. The van der Waals surface area contributed by atoms with E-state index in [0.29, 0.717) is 11.5 Å². The molecular formula is C16H18F3NO. The molecular weight excluding hydrogens is 279 g/mol. The lowest BCUT2D eigenvalue weighted by atomic mass is 10.0. The third-order valence-electron chi connectivity index (χ3n) is 3.42. The standard InChI is InChI=1S/C16H18F3NO/c1-10-9-14(12(3)21-10)11(2)20-15(16(17,18)19)13-7-5-4-6-8-13/h4-9,11,15,20H,1-3H3. The molecule has 114 valence electrons. The fourth-order valence-electron chi connectivity index (χ4n) is 2.45. The Morgan fingerprint density at radius 1 is 1.10 bits per heavy atom. The lowest BCUT2D eigenvalue weighted by Crippen LogP contribution is -2.35. The summed E-state index contributed by atoms with van der Waals surface area (Å²) in [5, 5.41) is 2.66. The summed E-state index contributed by atoms with van der Waals surface area (Å²) in [6, 6.07) is 7.46. The van der Waals surface area contributed by atoms with Crippen LogP contribution in [0.4, 0.5) is 13.2 Å². The zero-order valence-corrected chi connectivity index (χ0v) is 12.2. The van der Waals surface area contributed by atoms with E-state index in [9.17, 15) is 13.2 Å². The van der Waals surface area contributed by atoms with Crippen molar-refractivity contribution in [3.8, 4) is 0 Å². The second-order valence-corrected chi connectivity index (χ2v) is 5.14. The molecule has 2 unspecified atom stereocenters. The molecule has 0 aliphatic rings. The Kier molecular flexibility index (Phi) is 4.42. The molecule has 0 amide bonds. The summed E-state index contributed by atoms with van der Waals surface area (Å²) in [5.74, 6) is 1.33. The maximum atomic E-state index is 13.3. The molecule has 1 aromatic carbocycles. The monoisotopic (exact) mass is 297 g/mol. The minimum atomic E-state index is -4.36. The van der Waals surface area contributed by atoms with E-state index >= 15 is 0 Å². The van der Waals surface area contributed by atoms with Gasteiger partial charge in [0.05, 0.1) is 0 Å². The van der Waals surface area contributed by atoms with E-state index in [1.54, 1.807) is 45.0 Å². The Morgan fingerprint density at radius 3 is 2.19 bits per heavy atom. The van der Waals surface area contributed by atoms with Crippen molar-refractivity contribution in [2.75, 3.05) is 0 Å². The van der Waals surface area contributed by atoms with Crippen LogP contribution in [0, 0.1) is 13.8 Å². The van der Waals surface area contributed by atoms with E-state index in [4.69, 9.17) is 4.42 Å². The minimum absolute atomic E-state index is 0.203. The van der Waals surface area contributed by atoms with Gasteiger partial charge in [0.15, 0.2) is 0 Å². The quantitative estimate of drug-likeness (QED) is 0.872. The molecule has 2 atom stereocenters. The van der Waals surface area contributed by atoms with Crippen molar-refractivity contribution in [2.24, 2.45) is 0 Å². The number of aryl methyl sites for hydroxylation is 2. The van der Waals surface area contributed by atoms with Gasteiger partial charge in [-0.25, -0.2) is 0 Å². The molecule has 1 aromatic heterocycles. The molecule has 1 heterocycles. The highest BCUT2D eigenvalue weighted by Gasteiger charge is 2.41. The highest BCUT2D eigenvalue weighted by atomic mass is 19.4. The third kappa shape index (κ3) is 3.67. The maximum Gasteiger partial charge on any atom is 0.407 e. The predicted molar refractivity (Wildman–Crippen MR) is 75.0 cm³/mol.